The van der Waals surface area contributed by atoms with Crippen LogP contribution >= 0.6 is 0 Å². The Morgan fingerprint density at radius 3 is 2.58 bits per heavy atom. The number of carbonyl (C=O) groups excluding carboxylic acids is 2. The highest BCUT2D eigenvalue weighted by molar-refractivity contribution is 6.51. The van der Waals surface area contributed by atoms with E-state index in [0.717, 1.165) is 23.3 Å². The van der Waals surface area contributed by atoms with Crippen LogP contribution in [0.25, 0.3) is 5.76 Å². The van der Waals surface area contributed by atoms with Crippen molar-refractivity contribution in [2.75, 3.05) is 11.5 Å². The molecule has 6 heteroatoms. The summed E-state index contributed by atoms with van der Waals surface area (Å²) in [7, 11) is 0. The minimum atomic E-state index is -0.833. The largest absolute Gasteiger partial charge is 0.507 e. The van der Waals surface area contributed by atoms with Gasteiger partial charge in [0.2, 0.25) is 0 Å². The van der Waals surface area contributed by atoms with Gasteiger partial charge in [0.1, 0.15) is 17.6 Å². The minimum absolute atomic E-state index is 0.0329. The zero-order valence-corrected chi connectivity index (χ0v) is 18.5. The summed E-state index contributed by atoms with van der Waals surface area (Å²) in [6.45, 7) is 4.78. The molecule has 0 spiro atoms. The number of benzene rings is 2. The molecule has 2 aromatic carbocycles. The summed E-state index contributed by atoms with van der Waals surface area (Å²) in [5.41, 5.74) is 3.70. The van der Waals surface area contributed by atoms with Gasteiger partial charge in [0.15, 0.2) is 0 Å². The van der Waals surface area contributed by atoms with Gasteiger partial charge >= 0.3 is 0 Å². The average molecular weight is 440 g/mol. The number of aliphatic hydroxyl groups excluding tert-OH is 1. The van der Waals surface area contributed by atoms with Gasteiger partial charge in [-0.1, -0.05) is 32.0 Å². The van der Waals surface area contributed by atoms with Gasteiger partial charge in [-0.05, 0) is 59.5 Å². The molecular weight excluding hydrogens is 416 g/mol. The van der Waals surface area contributed by atoms with Gasteiger partial charge < -0.3 is 9.84 Å². The van der Waals surface area contributed by atoms with Gasteiger partial charge in [-0.25, -0.2) is 0 Å². The second kappa shape index (κ2) is 8.20. The molecule has 0 saturated carbocycles. The number of nitrogens with zero attached hydrogens (tertiary/aromatic N) is 2. The molecule has 1 fully saturated rings. The Labute approximate surface area is 192 Å². The summed E-state index contributed by atoms with van der Waals surface area (Å²) < 4.78 is 5.55. The van der Waals surface area contributed by atoms with Crippen molar-refractivity contribution in [1.82, 2.24) is 4.98 Å². The topological polar surface area (TPSA) is 79.7 Å². The Morgan fingerprint density at radius 1 is 1.09 bits per heavy atom. The predicted molar refractivity (Wildman–Crippen MR) is 125 cm³/mol. The molecule has 1 N–H and O–H groups in total. The lowest BCUT2D eigenvalue weighted by Gasteiger charge is -2.25. The second-order valence-corrected chi connectivity index (χ2v) is 8.59. The Balaban J connectivity index is 1.66. The summed E-state index contributed by atoms with van der Waals surface area (Å²) >= 11 is 0. The SMILES string of the molecule is CC(C)c1ccc(N2C(=O)C(=O)/C(=C(\O)c3ccc4c(c3)CCO4)C2c2ccccn2)cc1. The van der Waals surface area contributed by atoms with Crippen LogP contribution in [0, 0.1) is 0 Å². The molecule has 166 valence electrons. The predicted octanol–water partition coefficient (Wildman–Crippen LogP) is 4.77. The fourth-order valence-corrected chi connectivity index (χ4v) is 4.43. The van der Waals surface area contributed by atoms with Gasteiger partial charge in [0.05, 0.1) is 17.9 Å². The maximum atomic E-state index is 13.2. The van der Waals surface area contributed by atoms with E-state index in [-0.39, 0.29) is 11.3 Å². The van der Waals surface area contributed by atoms with Gasteiger partial charge in [0.25, 0.3) is 11.7 Å². The van der Waals surface area contributed by atoms with Crippen molar-refractivity contribution in [2.24, 2.45) is 0 Å². The van der Waals surface area contributed by atoms with E-state index in [1.807, 2.05) is 30.3 Å². The Hall–Kier alpha value is -3.93. The molecule has 1 atom stereocenters. The van der Waals surface area contributed by atoms with Crippen LogP contribution in [0.3, 0.4) is 0 Å². The molecule has 1 amide bonds. The molecule has 3 heterocycles. The van der Waals surface area contributed by atoms with Crippen molar-refractivity contribution in [3.8, 4) is 5.75 Å². The summed E-state index contributed by atoms with van der Waals surface area (Å²) in [6, 6.07) is 17.4. The molecule has 1 unspecified atom stereocenters. The third kappa shape index (κ3) is 3.57. The number of amides is 1. The highest BCUT2D eigenvalue weighted by atomic mass is 16.5. The fourth-order valence-electron chi connectivity index (χ4n) is 4.43. The number of aliphatic hydroxyl groups is 1. The van der Waals surface area contributed by atoms with Crippen LogP contribution in [-0.2, 0) is 16.0 Å². The lowest BCUT2D eigenvalue weighted by atomic mass is 9.97. The highest BCUT2D eigenvalue weighted by Crippen LogP contribution is 2.42. The molecule has 1 saturated heterocycles. The lowest BCUT2D eigenvalue weighted by molar-refractivity contribution is -0.132. The number of aromatic nitrogens is 1. The number of rotatable bonds is 4. The van der Waals surface area contributed by atoms with Gasteiger partial charge in [-0.3, -0.25) is 19.5 Å². The fraction of sp³-hybridized carbons (Fsp3) is 0.222. The summed E-state index contributed by atoms with van der Waals surface area (Å²) in [4.78, 5) is 32.3. The zero-order chi connectivity index (χ0) is 23.1. The summed E-state index contributed by atoms with van der Waals surface area (Å²) in [6.07, 6.45) is 2.35. The number of ether oxygens (including phenoxy) is 1. The molecule has 2 aliphatic heterocycles. The van der Waals surface area contributed by atoms with E-state index in [0.29, 0.717) is 29.5 Å². The van der Waals surface area contributed by atoms with Crippen molar-refractivity contribution in [3.63, 3.8) is 0 Å². The van der Waals surface area contributed by atoms with Crippen molar-refractivity contribution in [3.05, 3.63) is 94.8 Å². The molecule has 1 aromatic heterocycles. The quantitative estimate of drug-likeness (QED) is 0.359. The van der Waals surface area contributed by atoms with Crippen molar-refractivity contribution >= 4 is 23.1 Å². The van der Waals surface area contributed by atoms with E-state index in [1.54, 1.807) is 36.5 Å². The lowest BCUT2D eigenvalue weighted by Crippen LogP contribution is -2.29. The monoisotopic (exact) mass is 440 g/mol. The molecule has 0 radical (unpaired) electrons. The number of Topliss-reactive ketones (excluding diaryl/α,β-unsaturated/α-hetero) is 1. The smallest absolute Gasteiger partial charge is 0.300 e. The van der Waals surface area contributed by atoms with Gasteiger partial charge in [0, 0.05) is 23.9 Å². The van der Waals surface area contributed by atoms with E-state index < -0.39 is 17.7 Å². The first kappa shape index (κ1) is 20.9. The molecule has 33 heavy (non-hydrogen) atoms. The van der Waals surface area contributed by atoms with Crippen LogP contribution < -0.4 is 9.64 Å². The maximum Gasteiger partial charge on any atom is 0.300 e. The first-order valence-electron chi connectivity index (χ1n) is 11.0. The van der Waals surface area contributed by atoms with E-state index in [2.05, 4.69) is 18.8 Å². The molecule has 0 bridgehead atoms. The van der Waals surface area contributed by atoms with Crippen LogP contribution in [-0.4, -0.2) is 28.4 Å². The van der Waals surface area contributed by atoms with Crippen LogP contribution in [0.5, 0.6) is 5.75 Å². The third-order valence-electron chi connectivity index (χ3n) is 6.21. The highest BCUT2D eigenvalue weighted by Gasteiger charge is 2.47. The summed E-state index contributed by atoms with van der Waals surface area (Å²) in [5.74, 6) is -0.509. The first-order valence-corrected chi connectivity index (χ1v) is 11.0. The molecule has 3 aromatic rings. The maximum absolute atomic E-state index is 13.2. The number of pyridine rings is 1. The Bertz CT molecular complexity index is 1260. The minimum Gasteiger partial charge on any atom is -0.507 e. The number of anilines is 1. The van der Waals surface area contributed by atoms with Gasteiger partial charge in [-0.15, -0.1) is 0 Å². The standard InChI is InChI=1S/C27H24N2O4/c1-16(2)17-6-9-20(10-7-17)29-24(21-5-3-4-13-28-21)23(26(31)27(29)32)25(30)19-8-11-22-18(15-19)12-14-33-22/h3-11,13,15-16,24,30H,12,14H2,1-2H3/b25-23-. The molecule has 6 nitrogen and oxygen atoms in total. The van der Waals surface area contributed by atoms with Crippen LogP contribution in [0.15, 0.2) is 72.4 Å². The molecule has 5 rings (SSSR count). The van der Waals surface area contributed by atoms with Crippen LogP contribution in [0.4, 0.5) is 5.69 Å². The van der Waals surface area contributed by atoms with E-state index in [9.17, 15) is 14.7 Å². The van der Waals surface area contributed by atoms with Crippen molar-refractivity contribution < 1.29 is 19.4 Å². The number of fused-ring (bicyclic) bond motifs is 1. The summed E-state index contributed by atoms with van der Waals surface area (Å²) in [5, 5.41) is 11.3. The van der Waals surface area contributed by atoms with Gasteiger partial charge in [-0.2, -0.15) is 0 Å². The normalized spacial score (nSPS) is 19.1. The zero-order valence-electron chi connectivity index (χ0n) is 18.5. The Morgan fingerprint density at radius 2 is 1.88 bits per heavy atom. The van der Waals surface area contributed by atoms with E-state index in [4.69, 9.17) is 4.74 Å². The number of carbonyl (C=O) groups is 2. The van der Waals surface area contributed by atoms with Crippen LogP contribution in [0.1, 0.15) is 48.2 Å². The Kier molecular flexibility index (Phi) is 5.21. The molecule has 2 aliphatic rings. The molecular formula is C27H24N2O4. The third-order valence-corrected chi connectivity index (χ3v) is 6.21. The van der Waals surface area contributed by atoms with E-state index >= 15 is 0 Å². The first-order chi connectivity index (χ1) is 16.0. The molecule has 0 aliphatic carbocycles. The second-order valence-electron chi connectivity index (χ2n) is 8.59. The number of hydrogen-bond donors (Lipinski definition) is 1. The number of ketones is 1. The van der Waals surface area contributed by atoms with Crippen molar-refractivity contribution in [2.45, 2.75) is 32.2 Å². The number of hydrogen-bond acceptors (Lipinski definition) is 5. The van der Waals surface area contributed by atoms with Crippen molar-refractivity contribution in [1.29, 1.82) is 0 Å². The average Bonchev–Trinajstić information content (AvgIpc) is 3.41. The van der Waals surface area contributed by atoms with Crippen LogP contribution in [0.2, 0.25) is 0 Å². The van der Waals surface area contributed by atoms with E-state index in [1.165, 1.54) is 4.90 Å².